The Morgan fingerprint density at radius 3 is 2.81 bits per heavy atom. The molecule has 1 fully saturated rings. The maximum atomic E-state index is 12.7. The van der Waals surface area contributed by atoms with Gasteiger partial charge in [0.2, 0.25) is 17.6 Å². The van der Waals surface area contributed by atoms with E-state index in [1.165, 1.54) is 0 Å². The van der Waals surface area contributed by atoms with Crippen LogP contribution in [0.3, 0.4) is 0 Å². The van der Waals surface area contributed by atoms with Gasteiger partial charge in [-0.25, -0.2) is 0 Å². The average Bonchev–Trinajstić information content (AvgIpc) is 3.13. The SMILES string of the molecule is CCON=C1CCN(C(=O)Cc2ccc(-c3noc(C)n3)cc2)CC1SC. The van der Waals surface area contributed by atoms with E-state index < -0.39 is 0 Å². The molecule has 0 radical (unpaired) electrons. The summed E-state index contributed by atoms with van der Waals surface area (Å²) in [5.74, 6) is 1.22. The van der Waals surface area contributed by atoms with E-state index in [-0.39, 0.29) is 11.2 Å². The van der Waals surface area contributed by atoms with Crippen LogP contribution >= 0.6 is 11.8 Å². The van der Waals surface area contributed by atoms with E-state index in [1.54, 1.807) is 18.7 Å². The Morgan fingerprint density at radius 2 is 2.19 bits per heavy atom. The van der Waals surface area contributed by atoms with Crippen molar-refractivity contribution in [1.29, 1.82) is 0 Å². The zero-order chi connectivity index (χ0) is 19.2. The lowest BCUT2D eigenvalue weighted by atomic mass is 10.1. The summed E-state index contributed by atoms with van der Waals surface area (Å²) in [4.78, 5) is 24.0. The van der Waals surface area contributed by atoms with E-state index in [0.717, 1.165) is 23.3 Å². The van der Waals surface area contributed by atoms with Crippen molar-refractivity contribution in [3.63, 3.8) is 0 Å². The molecule has 0 saturated carbocycles. The predicted molar refractivity (Wildman–Crippen MR) is 106 cm³/mol. The van der Waals surface area contributed by atoms with Gasteiger partial charge in [0.15, 0.2) is 0 Å². The third kappa shape index (κ3) is 4.88. The lowest BCUT2D eigenvalue weighted by Crippen LogP contribution is -2.46. The second-order valence-electron chi connectivity index (χ2n) is 6.33. The molecule has 1 amide bonds. The van der Waals surface area contributed by atoms with E-state index in [1.807, 2.05) is 42.3 Å². The number of aryl methyl sites for hydroxylation is 1. The zero-order valence-corrected chi connectivity index (χ0v) is 16.7. The Bertz CT molecular complexity index is 804. The third-order valence-corrected chi connectivity index (χ3v) is 5.43. The van der Waals surface area contributed by atoms with Crippen LogP contribution < -0.4 is 0 Å². The molecule has 2 heterocycles. The number of aromatic nitrogens is 2. The molecule has 0 bridgehead atoms. The summed E-state index contributed by atoms with van der Waals surface area (Å²) in [6.07, 6.45) is 3.18. The van der Waals surface area contributed by atoms with Crippen LogP contribution in [0.5, 0.6) is 0 Å². The van der Waals surface area contributed by atoms with Crippen molar-refractivity contribution in [1.82, 2.24) is 15.0 Å². The summed E-state index contributed by atoms with van der Waals surface area (Å²) in [6, 6.07) is 7.72. The molecular formula is C19H24N4O3S. The zero-order valence-electron chi connectivity index (χ0n) is 15.8. The monoisotopic (exact) mass is 388 g/mol. The van der Waals surface area contributed by atoms with Crippen LogP contribution in [0.15, 0.2) is 33.9 Å². The molecule has 1 aliphatic rings. The van der Waals surface area contributed by atoms with Gasteiger partial charge >= 0.3 is 0 Å². The molecule has 7 nitrogen and oxygen atoms in total. The van der Waals surface area contributed by atoms with Crippen LogP contribution in [0.1, 0.15) is 24.8 Å². The lowest BCUT2D eigenvalue weighted by Gasteiger charge is -2.32. The van der Waals surface area contributed by atoms with Crippen molar-refractivity contribution in [2.24, 2.45) is 5.16 Å². The standard InChI is InChI=1S/C19H24N4O3S/c1-4-25-21-16-9-10-23(12-17(16)27-3)18(24)11-14-5-7-15(8-6-14)19-20-13(2)26-22-19/h5-8,17H,4,9-12H2,1-3H3. The number of benzene rings is 1. The van der Waals surface area contributed by atoms with Gasteiger partial charge in [-0.15, -0.1) is 0 Å². The number of oxime groups is 1. The maximum Gasteiger partial charge on any atom is 0.227 e. The largest absolute Gasteiger partial charge is 0.396 e. The van der Waals surface area contributed by atoms with E-state index in [4.69, 9.17) is 9.36 Å². The van der Waals surface area contributed by atoms with Crippen molar-refractivity contribution in [3.8, 4) is 11.4 Å². The van der Waals surface area contributed by atoms with Crippen LogP contribution in [-0.2, 0) is 16.1 Å². The molecule has 0 aliphatic carbocycles. The van der Waals surface area contributed by atoms with Gasteiger partial charge < -0.3 is 14.3 Å². The number of hydrogen-bond donors (Lipinski definition) is 0. The minimum Gasteiger partial charge on any atom is -0.396 e. The number of rotatable bonds is 6. The molecule has 1 aromatic heterocycles. The number of likely N-dealkylation sites (tertiary alicyclic amines) is 1. The van der Waals surface area contributed by atoms with Crippen LogP contribution in [0, 0.1) is 6.92 Å². The molecule has 1 atom stereocenters. The first kappa shape index (κ1) is 19.4. The summed E-state index contributed by atoms with van der Waals surface area (Å²) >= 11 is 1.71. The normalized spacial score (nSPS) is 18.7. The molecule has 1 saturated heterocycles. The average molecular weight is 388 g/mol. The fourth-order valence-corrected chi connectivity index (χ4v) is 3.73. The number of hydrogen-bond acceptors (Lipinski definition) is 7. The summed E-state index contributed by atoms with van der Waals surface area (Å²) in [5.41, 5.74) is 2.88. The topological polar surface area (TPSA) is 80.8 Å². The number of nitrogens with zero attached hydrogens (tertiary/aromatic N) is 4. The van der Waals surface area contributed by atoms with Crippen LogP contribution in [0.2, 0.25) is 0 Å². The van der Waals surface area contributed by atoms with Gasteiger partial charge in [0.05, 0.1) is 17.4 Å². The van der Waals surface area contributed by atoms with Gasteiger partial charge in [-0.2, -0.15) is 16.7 Å². The Kier molecular flexibility index (Phi) is 6.49. The van der Waals surface area contributed by atoms with Crippen molar-refractivity contribution >= 4 is 23.4 Å². The molecule has 27 heavy (non-hydrogen) atoms. The number of amides is 1. The van der Waals surface area contributed by atoms with Crippen molar-refractivity contribution in [3.05, 3.63) is 35.7 Å². The lowest BCUT2D eigenvalue weighted by molar-refractivity contribution is -0.130. The van der Waals surface area contributed by atoms with E-state index >= 15 is 0 Å². The summed E-state index contributed by atoms with van der Waals surface area (Å²) in [5, 5.41) is 8.31. The molecule has 3 rings (SSSR count). The van der Waals surface area contributed by atoms with E-state index in [0.29, 0.717) is 37.8 Å². The molecule has 8 heteroatoms. The van der Waals surface area contributed by atoms with Crippen LogP contribution in [0.4, 0.5) is 0 Å². The minimum absolute atomic E-state index is 0.132. The Hall–Kier alpha value is -2.35. The number of piperidine rings is 1. The second-order valence-corrected chi connectivity index (χ2v) is 7.37. The predicted octanol–water partition coefficient (Wildman–Crippen LogP) is 2.94. The van der Waals surface area contributed by atoms with Crippen LogP contribution in [0.25, 0.3) is 11.4 Å². The van der Waals surface area contributed by atoms with Gasteiger partial charge in [-0.1, -0.05) is 34.6 Å². The molecule has 1 aliphatic heterocycles. The summed E-state index contributed by atoms with van der Waals surface area (Å²) < 4.78 is 5.00. The van der Waals surface area contributed by atoms with Gasteiger partial charge in [-0.3, -0.25) is 4.79 Å². The smallest absolute Gasteiger partial charge is 0.227 e. The van der Waals surface area contributed by atoms with Crippen molar-refractivity contribution in [2.75, 3.05) is 26.0 Å². The van der Waals surface area contributed by atoms with E-state index in [2.05, 4.69) is 15.3 Å². The highest BCUT2D eigenvalue weighted by molar-refractivity contribution is 8.00. The molecule has 144 valence electrons. The van der Waals surface area contributed by atoms with Crippen LogP contribution in [-0.4, -0.2) is 57.9 Å². The first-order valence-electron chi connectivity index (χ1n) is 8.99. The summed E-state index contributed by atoms with van der Waals surface area (Å²) in [6.45, 7) is 5.59. The highest BCUT2D eigenvalue weighted by Crippen LogP contribution is 2.21. The number of carbonyl (C=O) groups is 1. The number of thioether (sulfide) groups is 1. The molecule has 0 spiro atoms. The molecule has 0 N–H and O–H groups in total. The first-order chi connectivity index (χ1) is 13.1. The molecule has 2 aromatic rings. The Morgan fingerprint density at radius 1 is 1.41 bits per heavy atom. The Balaban J connectivity index is 1.60. The van der Waals surface area contributed by atoms with Gasteiger partial charge in [-0.05, 0) is 18.7 Å². The van der Waals surface area contributed by atoms with Gasteiger partial charge in [0, 0.05) is 32.0 Å². The second kappa shape index (κ2) is 9.03. The highest BCUT2D eigenvalue weighted by atomic mass is 32.2. The fourth-order valence-electron chi connectivity index (χ4n) is 2.97. The molecule has 1 unspecified atom stereocenters. The number of carbonyl (C=O) groups excluding carboxylic acids is 1. The minimum atomic E-state index is 0.132. The third-order valence-electron chi connectivity index (χ3n) is 4.44. The maximum absolute atomic E-state index is 12.7. The van der Waals surface area contributed by atoms with Crippen molar-refractivity contribution in [2.45, 2.75) is 31.9 Å². The highest BCUT2D eigenvalue weighted by Gasteiger charge is 2.28. The van der Waals surface area contributed by atoms with E-state index in [9.17, 15) is 4.79 Å². The molecular weight excluding hydrogens is 364 g/mol. The first-order valence-corrected chi connectivity index (χ1v) is 10.3. The Labute approximate surface area is 163 Å². The quantitative estimate of drug-likeness (QED) is 0.708. The van der Waals surface area contributed by atoms with Gasteiger partial charge in [0.25, 0.3) is 0 Å². The summed E-state index contributed by atoms with van der Waals surface area (Å²) in [7, 11) is 0. The fraction of sp³-hybridized carbons (Fsp3) is 0.474. The molecule has 1 aromatic carbocycles. The van der Waals surface area contributed by atoms with Gasteiger partial charge in [0.1, 0.15) is 6.61 Å². The van der Waals surface area contributed by atoms with Crippen molar-refractivity contribution < 1.29 is 14.2 Å².